The molecule has 0 fully saturated rings. The van der Waals surface area contributed by atoms with E-state index >= 15 is 0 Å². The average molecular weight is 252 g/mol. The molecule has 100 valence electrons. The Balaban J connectivity index is 2.38. The summed E-state index contributed by atoms with van der Waals surface area (Å²) in [5.74, 6) is 0.538. The van der Waals surface area contributed by atoms with E-state index in [-0.39, 0.29) is 0 Å². The van der Waals surface area contributed by atoms with Crippen LogP contribution in [0.1, 0.15) is 54.9 Å². The SMILES string of the molecule is CCCC(c1cccc(C)c1)c1cccc(CC)c1. The highest BCUT2D eigenvalue weighted by Crippen LogP contribution is 2.30. The van der Waals surface area contributed by atoms with Crippen molar-refractivity contribution in [1.29, 1.82) is 0 Å². The van der Waals surface area contributed by atoms with Crippen LogP contribution in [0.15, 0.2) is 48.5 Å². The second-order valence-electron chi connectivity index (χ2n) is 5.35. The Morgan fingerprint density at radius 1 is 0.895 bits per heavy atom. The summed E-state index contributed by atoms with van der Waals surface area (Å²) in [7, 11) is 0. The van der Waals surface area contributed by atoms with Crippen LogP contribution in [0.5, 0.6) is 0 Å². The molecule has 19 heavy (non-hydrogen) atoms. The molecule has 0 spiro atoms. The minimum Gasteiger partial charge on any atom is -0.0653 e. The van der Waals surface area contributed by atoms with Crippen LogP contribution in [-0.4, -0.2) is 0 Å². The lowest BCUT2D eigenvalue weighted by Gasteiger charge is -2.18. The number of aryl methyl sites for hydroxylation is 2. The third-order valence-corrected chi connectivity index (χ3v) is 3.78. The lowest BCUT2D eigenvalue weighted by molar-refractivity contribution is 0.697. The molecule has 2 aromatic carbocycles. The topological polar surface area (TPSA) is 0 Å². The highest BCUT2D eigenvalue weighted by Gasteiger charge is 2.13. The molecule has 0 saturated carbocycles. The van der Waals surface area contributed by atoms with Gasteiger partial charge in [0, 0.05) is 5.92 Å². The maximum absolute atomic E-state index is 2.38. The van der Waals surface area contributed by atoms with E-state index in [9.17, 15) is 0 Å². The molecule has 0 bridgehead atoms. The maximum atomic E-state index is 2.38. The second-order valence-corrected chi connectivity index (χ2v) is 5.35. The molecule has 0 aliphatic rings. The number of hydrogen-bond acceptors (Lipinski definition) is 0. The number of rotatable bonds is 5. The Kier molecular flexibility index (Phi) is 4.79. The van der Waals surface area contributed by atoms with E-state index < -0.39 is 0 Å². The first-order chi connectivity index (χ1) is 9.24. The summed E-state index contributed by atoms with van der Waals surface area (Å²) in [4.78, 5) is 0. The van der Waals surface area contributed by atoms with E-state index in [1.165, 1.54) is 35.1 Å². The van der Waals surface area contributed by atoms with Crippen molar-refractivity contribution in [1.82, 2.24) is 0 Å². The van der Waals surface area contributed by atoms with Crippen LogP contribution < -0.4 is 0 Å². The molecule has 0 aliphatic carbocycles. The molecule has 2 rings (SSSR count). The van der Waals surface area contributed by atoms with Crippen molar-refractivity contribution in [2.75, 3.05) is 0 Å². The van der Waals surface area contributed by atoms with Crippen molar-refractivity contribution in [3.63, 3.8) is 0 Å². The van der Waals surface area contributed by atoms with E-state index in [2.05, 4.69) is 69.3 Å². The quantitative estimate of drug-likeness (QED) is 0.660. The van der Waals surface area contributed by atoms with E-state index in [1.807, 2.05) is 0 Å². The molecule has 0 amide bonds. The monoisotopic (exact) mass is 252 g/mol. The standard InChI is InChI=1S/C19H24/c1-4-8-19(17-11-6-9-15(3)13-17)18-12-7-10-16(5-2)14-18/h6-7,9-14,19H,4-5,8H2,1-3H3. The number of benzene rings is 2. The van der Waals surface area contributed by atoms with Gasteiger partial charge in [-0.1, -0.05) is 74.4 Å². The van der Waals surface area contributed by atoms with Gasteiger partial charge in [-0.3, -0.25) is 0 Å². The maximum Gasteiger partial charge on any atom is 0.00894 e. The van der Waals surface area contributed by atoms with Gasteiger partial charge < -0.3 is 0 Å². The van der Waals surface area contributed by atoms with Crippen LogP contribution >= 0.6 is 0 Å². The largest absolute Gasteiger partial charge is 0.0653 e. The van der Waals surface area contributed by atoms with E-state index in [0.717, 1.165) is 6.42 Å². The zero-order valence-electron chi connectivity index (χ0n) is 12.3. The summed E-state index contributed by atoms with van der Waals surface area (Å²) in [5, 5.41) is 0. The van der Waals surface area contributed by atoms with Gasteiger partial charge in [0.25, 0.3) is 0 Å². The van der Waals surface area contributed by atoms with Gasteiger partial charge in [-0.15, -0.1) is 0 Å². The zero-order valence-corrected chi connectivity index (χ0v) is 12.3. The molecule has 0 radical (unpaired) electrons. The molecule has 1 unspecified atom stereocenters. The van der Waals surface area contributed by atoms with Crippen LogP contribution in [0.4, 0.5) is 0 Å². The minimum absolute atomic E-state index is 0.538. The van der Waals surface area contributed by atoms with E-state index in [4.69, 9.17) is 0 Å². The summed E-state index contributed by atoms with van der Waals surface area (Å²) in [6.07, 6.45) is 3.55. The van der Waals surface area contributed by atoms with Crippen molar-refractivity contribution in [2.45, 2.75) is 46.0 Å². The first-order valence-electron chi connectivity index (χ1n) is 7.40. The Morgan fingerprint density at radius 3 is 2.21 bits per heavy atom. The van der Waals surface area contributed by atoms with Gasteiger partial charge in [-0.05, 0) is 36.5 Å². The fraction of sp³-hybridized carbons (Fsp3) is 0.368. The molecule has 0 heteroatoms. The Bertz CT molecular complexity index is 525. The Morgan fingerprint density at radius 2 is 1.58 bits per heavy atom. The van der Waals surface area contributed by atoms with Crippen molar-refractivity contribution in [2.24, 2.45) is 0 Å². The predicted octanol–water partition coefficient (Wildman–Crippen LogP) is 5.49. The van der Waals surface area contributed by atoms with Crippen LogP contribution in [-0.2, 0) is 6.42 Å². The average Bonchev–Trinajstić information content (AvgIpc) is 2.45. The normalized spacial score (nSPS) is 12.4. The lowest BCUT2D eigenvalue weighted by Crippen LogP contribution is -2.02. The first kappa shape index (κ1) is 13.9. The van der Waals surface area contributed by atoms with Crippen LogP contribution in [0, 0.1) is 6.92 Å². The molecule has 0 aliphatic heterocycles. The summed E-state index contributed by atoms with van der Waals surface area (Å²) in [5.41, 5.74) is 5.71. The van der Waals surface area contributed by atoms with E-state index in [0.29, 0.717) is 5.92 Å². The molecular weight excluding hydrogens is 228 g/mol. The van der Waals surface area contributed by atoms with Gasteiger partial charge in [-0.2, -0.15) is 0 Å². The first-order valence-corrected chi connectivity index (χ1v) is 7.40. The summed E-state index contributed by atoms with van der Waals surface area (Å²) < 4.78 is 0. The van der Waals surface area contributed by atoms with Gasteiger partial charge in [-0.25, -0.2) is 0 Å². The summed E-state index contributed by atoms with van der Waals surface area (Å²) in [6, 6.07) is 18.0. The molecular formula is C19H24. The van der Waals surface area contributed by atoms with Gasteiger partial charge >= 0.3 is 0 Å². The highest BCUT2D eigenvalue weighted by atomic mass is 14.2. The van der Waals surface area contributed by atoms with Gasteiger partial charge in [0.05, 0.1) is 0 Å². The summed E-state index contributed by atoms with van der Waals surface area (Å²) >= 11 is 0. The van der Waals surface area contributed by atoms with Crippen molar-refractivity contribution in [3.05, 3.63) is 70.8 Å². The van der Waals surface area contributed by atoms with Crippen molar-refractivity contribution < 1.29 is 0 Å². The molecule has 0 N–H and O–H groups in total. The molecule has 0 aromatic heterocycles. The van der Waals surface area contributed by atoms with Gasteiger partial charge in [0.1, 0.15) is 0 Å². The fourth-order valence-electron chi connectivity index (χ4n) is 2.73. The molecule has 1 atom stereocenters. The third kappa shape index (κ3) is 3.47. The molecule has 0 saturated heterocycles. The molecule has 0 heterocycles. The minimum atomic E-state index is 0.538. The molecule has 2 aromatic rings. The van der Waals surface area contributed by atoms with Gasteiger partial charge in [0.15, 0.2) is 0 Å². The number of hydrogen-bond donors (Lipinski definition) is 0. The van der Waals surface area contributed by atoms with Gasteiger partial charge in [0.2, 0.25) is 0 Å². The fourth-order valence-corrected chi connectivity index (χ4v) is 2.73. The predicted molar refractivity (Wildman–Crippen MR) is 83.8 cm³/mol. The van der Waals surface area contributed by atoms with E-state index in [1.54, 1.807) is 0 Å². The Hall–Kier alpha value is -1.56. The zero-order chi connectivity index (χ0) is 13.7. The lowest BCUT2D eigenvalue weighted by atomic mass is 9.86. The Labute approximate surface area is 117 Å². The smallest absolute Gasteiger partial charge is 0.00894 e. The second kappa shape index (κ2) is 6.56. The van der Waals surface area contributed by atoms with Crippen molar-refractivity contribution >= 4 is 0 Å². The highest BCUT2D eigenvalue weighted by molar-refractivity contribution is 5.36. The van der Waals surface area contributed by atoms with Crippen molar-refractivity contribution in [3.8, 4) is 0 Å². The molecule has 0 nitrogen and oxygen atoms in total. The van der Waals surface area contributed by atoms with Crippen LogP contribution in [0.3, 0.4) is 0 Å². The third-order valence-electron chi connectivity index (χ3n) is 3.78. The summed E-state index contributed by atoms with van der Waals surface area (Å²) in [6.45, 7) is 6.67. The van der Waals surface area contributed by atoms with Crippen LogP contribution in [0.25, 0.3) is 0 Å². The van der Waals surface area contributed by atoms with Crippen LogP contribution in [0.2, 0.25) is 0 Å².